The van der Waals surface area contributed by atoms with Crippen LogP contribution in [0.5, 0.6) is 0 Å². The van der Waals surface area contributed by atoms with Crippen LogP contribution in [0, 0.1) is 0 Å². The maximum absolute atomic E-state index is 4.81. The number of nitrogens with zero attached hydrogens (tertiary/aromatic N) is 1. The zero-order chi connectivity index (χ0) is 6.15. The van der Waals surface area contributed by atoms with E-state index in [1.54, 1.807) is 0 Å². The van der Waals surface area contributed by atoms with Gasteiger partial charge in [-0.3, -0.25) is 9.74 Å². The van der Waals surface area contributed by atoms with Gasteiger partial charge in [0.05, 0.1) is 0 Å². The van der Waals surface area contributed by atoms with Crippen molar-refractivity contribution in [1.29, 1.82) is 0 Å². The van der Waals surface area contributed by atoms with E-state index in [1.807, 2.05) is 7.05 Å². The van der Waals surface area contributed by atoms with E-state index in [9.17, 15) is 0 Å². The summed E-state index contributed by atoms with van der Waals surface area (Å²) in [4.78, 5) is 6.92. The second-order valence-electron chi connectivity index (χ2n) is 2.35. The summed E-state index contributed by atoms with van der Waals surface area (Å²) in [6, 6.07) is 0.551. The van der Waals surface area contributed by atoms with Crippen LogP contribution in [-0.2, 0) is 4.84 Å². The maximum Gasteiger partial charge on any atom is 0.207 e. The lowest BCUT2D eigenvalue weighted by Gasteiger charge is -2.15. The predicted octanol–water partition coefficient (Wildman–Crippen LogP) is 0.145. The summed E-state index contributed by atoms with van der Waals surface area (Å²) in [5, 5.41) is 0. The molecule has 3 nitrogen and oxygen atoms in total. The van der Waals surface area contributed by atoms with Crippen LogP contribution in [-0.4, -0.2) is 24.3 Å². The summed E-state index contributed by atoms with van der Waals surface area (Å²) in [6.07, 6.45) is 0.176. The van der Waals surface area contributed by atoms with Crippen LogP contribution in [0.3, 0.4) is 0 Å². The van der Waals surface area contributed by atoms with Gasteiger partial charge in [-0.05, 0) is 20.9 Å². The second-order valence-corrected chi connectivity index (χ2v) is 2.35. The molecule has 0 saturated carbocycles. The van der Waals surface area contributed by atoms with Gasteiger partial charge in [0.15, 0.2) is 0 Å². The number of hydrogen-bond acceptors (Lipinski definition) is 3. The molecule has 0 spiro atoms. The van der Waals surface area contributed by atoms with Crippen molar-refractivity contribution in [1.82, 2.24) is 10.4 Å². The fraction of sp³-hybridized carbons (Fsp3) is 1.00. The van der Waals surface area contributed by atoms with Gasteiger partial charge in [-0.15, -0.1) is 0 Å². The third kappa shape index (κ3) is 1.18. The molecule has 1 unspecified atom stereocenters. The van der Waals surface area contributed by atoms with Gasteiger partial charge < -0.3 is 0 Å². The Bertz CT molecular complexity index is 78.5. The normalized spacial score (nSPS) is 27.4. The quantitative estimate of drug-likeness (QED) is 0.522. The molecule has 0 bridgehead atoms. The Morgan fingerprint density at radius 3 is 2.25 bits per heavy atom. The number of nitrogens with one attached hydrogen (secondary N) is 1. The first-order valence-corrected chi connectivity index (χ1v) is 2.85. The third-order valence-electron chi connectivity index (χ3n) is 1.41. The van der Waals surface area contributed by atoms with E-state index in [2.05, 4.69) is 24.2 Å². The van der Waals surface area contributed by atoms with Crippen LogP contribution in [0.1, 0.15) is 13.8 Å². The molecular weight excluding hydrogens is 104 g/mol. The fourth-order valence-corrected chi connectivity index (χ4v) is 0.467. The zero-order valence-corrected chi connectivity index (χ0v) is 5.51. The molecule has 8 heavy (non-hydrogen) atoms. The molecule has 0 amide bonds. The highest BCUT2D eigenvalue weighted by Crippen LogP contribution is 2.07. The topological polar surface area (TPSA) is 37.7 Å². The molecule has 48 valence electrons. The number of hydrogen-bond donors (Lipinski definition) is 1. The van der Waals surface area contributed by atoms with Crippen LogP contribution in [0.25, 0.3) is 0 Å². The van der Waals surface area contributed by atoms with Crippen LogP contribution in [0.15, 0.2) is 0 Å². The minimum absolute atomic E-state index is 0.176. The highest BCUT2D eigenvalue weighted by Gasteiger charge is 2.28. The molecule has 1 saturated heterocycles. The molecule has 1 aliphatic rings. The van der Waals surface area contributed by atoms with Gasteiger partial charge in [0, 0.05) is 6.04 Å². The predicted molar refractivity (Wildman–Crippen MR) is 30.9 cm³/mol. The van der Waals surface area contributed by atoms with Crippen molar-refractivity contribution in [3.8, 4) is 0 Å². The Hall–Kier alpha value is -0.120. The van der Waals surface area contributed by atoms with E-state index in [0.29, 0.717) is 6.04 Å². The lowest BCUT2D eigenvalue weighted by atomic mass is 10.4. The van der Waals surface area contributed by atoms with Gasteiger partial charge in [0.1, 0.15) is 0 Å². The van der Waals surface area contributed by atoms with E-state index in [0.717, 1.165) is 0 Å². The largest absolute Gasteiger partial charge is 0.263 e. The molecule has 1 rings (SSSR count). The minimum atomic E-state index is 0.176. The first-order valence-electron chi connectivity index (χ1n) is 2.85. The van der Waals surface area contributed by atoms with Gasteiger partial charge in [-0.2, -0.15) is 5.48 Å². The van der Waals surface area contributed by atoms with Gasteiger partial charge in [-0.1, -0.05) is 0 Å². The summed E-state index contributed by atoms with van der Waals surface area (Å²) in [6.45, 7) is 4.26. The fourth-order valence-electron chi connectivity index (χ4n) is 0.467. The Morgan fingerprint density at radius 2 is 2.12 bits per heavy atom. The highest BCUT2D eigenvalue weighted by molar-refractivity contribution is 4.62. The van der Waals surface area contributed by atoms with E-state index in [4.69, 9.17) is 4.84 Å². The Morgan fingerprint density at radius 1 is 1.62 bits per heavy atom. The maximum atomic E-state index is 4.81. The Labute approximate surface area is 49.6 Å². The van der Waals surface area contributed by atoms with E-state index in [-0.39, 0.29) is 6.35 Å². The first-order chi connectivity index (χ1) is 3.72. The monoisotopic (exact) mass is 116 g/mol. The summed E-state index contributed by atoms with van der Waals surface area (Å²) in [7, 11) is 2.02. The average Bonchev–Trinajstić information content (AvgIpc) is 2.43. The molecule has 0 aromatic heterocycles. The molecule has 3 heteroatoms. The summed E-state index contributed by atoms with van der Waals surface area (Å²) in [5.74, 6) is 0. The average molecular weight is 116 g/mol. The summed E-state index contributed by atoms with van der Waals surface area (Å²) in [5.41, 5.74) is 2.74. The molecule has 1 aliphatic heterocycles. The minimum Gasteiger partial charge on any atom is -0.263 e. The van der Waals surface area contributed by atoms with Crippen LogP contribution in [0.4, 0.5) is 0 Å². The third-order valence-corrected chi connectivity index (χ3v) is 1.41. The van der Waals surface area contributed by atoms with Crippen molar-refractivity contribution < 1.29 is 4.84 Å². The Kier molecular flexibility index (Phi) is 1.51. The van der Waals surface area contributed by atoms with E-state index >= 15 is 0 Å². The van der Waals surface area contributed by atoms with Gasteiger partial charge in [-0.25, -0.2) is 0 Å². The number of hydroxylamine groups is 1. The molecule has 1 fully saturated rings. The molecule has 0 aromatic rings. The molecular formula is C5H12N2O. The van der Waals surface area contributed by atoms with Crippen LogP contribution >= 0.6 is 0 Å². The molecule has 1 atom stereocenters. The molecule has 0 radical (unpaired) electrons. The standard InChI is InChI=1S/C5H12N2O/c1-4(2)7(3)5-6-8-5/h4-6H,1-3H3. The van der Waals surface area contributed by atoms with Crippen molar-refractivity contribution in [2.24, 2.45) is 0 Å². The Balaban J connectivity index is 2.22. The van der Waals surface area contributed by atoms with E-state index < -0.39 is 0 Å². The lowest BCUT2D eigenvalue weighted by molar-refractivity contribution is 0.174. The number of rotatable bonds is 2. The van der Waals surface area contributed by atoms with Crippen LogP contribution in [0.2, 0.25) is 0 Å². The summed E-state index contributed by atoms with van der Waals surface area (Å²) < 4.78 is 0. The first kappa shape index (κ1) is 6.01. The van der Waals surface area contributed by atoms with Gasteiger partial charge in [0.25, 0.3) is 0 Å². The SMILES string of the molecule is CC(C)N(C)C1NO1. The van der Waals surface area contributed by atoms with Crippen molar-refractivity contribution >= 4 is 0 Å². The molecule has 1 N–H and O–H groups in total. The zero-order valence-electron chi connectivity index (χ0n) is 5.51. The van der Waals surface area contributed by atoms with Crippen molar-refractivity contribution in [2.75, 3.05) is 7.05 Å². The molecule has 0 aliphatic carbocycles. The van der Waals surface area contributed by atoms with Gasteiger partial charge in [0.2, 0.25) is 6.35 Å². The van der Waals surface area contributed by atoms with Gasteiger partial charge >= 0.3 is 0 Å². The highest BCUT2D eigenvalue weighted by atomic mass is 16.8. The summed E-state index contributed by atoms with van der Waals surface area (Å²) >= 11 is 0. The van der Waals surface area contributed by atoms with E-state index in [1.165, 1.54) is 0 Å². The van der Waals surface area contributed by atoms with Crippen molar-refractivity contribution in [3.63, 3.8) is 0 Å². The van der Waals surface area contributed by atoms with Crippen LogP contribution < -0.4 is 5.48 Å². The molecule has 0 aromatic carbocycles. The lowest BCUT2D eigenvalue weighted by Crippen LogP contribution is -2.30. The molecule has 1 heterocycles. The smallest absolute Gasteiger partial charge is 0.207 e. The van der Waals surface area contributed by atoms with Crippen molar-refractivity contribution in [3.05, 3.63) is 0 Å². The van der Waals surface area contributed by atoms with Crippen molar-refractivity contribution in [2.45, 2.75) is 26.2 Å². The second kappa shape index (κ2) is 2.01.